The van der Waals surface area contributed by atoms with Gasteiger partial charge < -0.3 is 10.2 Å². The molecule has 3 heteroatoms. The van der Waals surface area contributed by atoms with Crippen LogP contribution in [0, 0.1) is 0 Å². The molecule has 1 aliphatic heterocycles. The van der Waals surface area contributed by atoms with E-state index in [-0.39, 0.29) is 0 Å². The van der Waals surface area contributed by atoms with Crippen molar-refractivity contribution in [1.29, 1.82) is 0 Å². The number of nitrogens with zero attached hydrogens (tertiary/aromatic N) is 2. The van der Waals surface area contributed by atoms with Gasteiger partial charge in [0.15, 0.2) is 0 Å². The van der Waals surface area contributed by atoms with Gasteiger partial charge in [-0.05, 0) is 44.1 Å². The van der Waals surface area contributed by atoms with Gasteiger partial charge in [0.1, 0.15) is 0 Å². The van der Waals surface area contributed by atoms with E-state index >= 15 is 0 Å². The molecular weight excluding hydrogens is 246 g/mol. The third kappa shape index (κ3) is 3.00. The molecule has 0 bridgehead atoms. The number of piperidine rings is 1. The zero-order valence-electron chi connectivity index (χ0n) is 12.2. The lowest BCUT2D eigenvalue weighted by Gasteiger charge is -2.31. The van der Waals surface area contributed by atoms with Crippen LogP contribution in [0.1, 0.15) is 25.3 Å². The van der Waals surface area contributed by atoms with Crippen LogP contribution in [-0.2, 0) is 6.54 Å². The Hall–Kier alpha value is -1.45. The molecule has 106 valence electrons. The molecule has 1 aromatic carbocycles. The Morgan fingerprint density at radius 1 is 1.20 bits per heavy atom. The first-order valence-electron chi connectivity index (χ1n) is 7.65. The molecule has 0 saturated carbocycles. The van der Waals surface area contributed by atoms with Crippen LogP contribution >= 0.6 is 0 Å². The Balaban J connectivity index is 1.63. The number of pyridine rings is 1. The summed E-state index contributed by atoms with van der Waals surface area (Å²) >= 11 is 0. The number of benzene rings is 1. The van der Waals surface area contributed by atoms with Crippen molar-refractivity contribution in [2.45, 2.75) is 32.4 Å². The minimum absolute atomic E-state index is 0.650. The highest BCUT2D eigenvalue weighted by atomic mass is 15.1. The fraction of sp³-hybridized carbons (Fsp3) is 0.471. The quantitative estimate of drug-likeness (QED) is 0.925. The first-order valence-corrected chi connectivity index (χ1v) is 7.65. The van der Waals surface area contributed by atoms with Crippen LogP contribution in [-0.4, -0.2) is 35.6 Å². The van der Waals surface area contributed by atoms with Gasteiger partial charge in [0.05, 0.1) is 5.52 Å². The third-order valence-electron chi connectivity index (χ3n) is 4.33. The van der Waals surface area contributed by atoms with Gasteiger partial charge in [0, 0.05) is 24.2 Å². The maximum absolute atomic E-state index is 4.52. The number of hydrogen-bond acceptors (Lipinski definition) is 3. The van der Waals surface area contributed by atoms with Crippen molar-refractivity contribution in [2.24, 2.45) is 0 Å². The van der Waals surface area contributed by atoms with Crippen molar-refractivity contribution in [3.63, 3.8) is 0 Å². The number of aromatic nitrogens is 1. The number of hydrogen-bond donors (Lipinski definition) is 1. The first kappa shape index (κ1) is 13.5. The number of rotatable bonds is 4. The fourth-order valence-electron chi connectivity index (χ4n) is 3.02. The van der Waals surface area contributed by atoms with Gasteiger partial charge in [-0.3, -0.25) is 4.98 Å². The molecule has 1 aliphatic rings. The Morgan fingerprint density at radius 2 is 2.00 bits per heavy atom. The maximum atomic E-state index is 4.52. The molecule has 1 aromatic heterocycles. The minimum Gasteiger partial charge on any atom is -0.310 e. The van der Waals surface area contributed by atoms with E-state index in [4.69, 9.17) is 0 Å². The molecular formula is C17H23N3. The van der Waals surface area contributed by atoms with Gasteiger partial charge in [-0.1, -0.05) is 31.2 Å². The molecule has 0 atom stereocenters. The molecule has 1 saturated heterocycles. The Bertz CT molecular complexity index is 554. The van der Waals surface area contributed by atoms with Gasteiger partial charge in [-0.2, -0.15) is 0 Å². The molecule has 2 aromatic rings. The van der Waals surface area contributed by atoms with E-state index in [1.54, 1.807) is 0 Å². The number of para-hydroxylation sites is 1. The molecule has 1 N–H and O–H groups in total. The summed E-state index contributed by atoms with van der Waals surface area (Å²) in [5.74, 6) is 0. The summed E-state index contributed by atoms with van der Waals surface area (Å²) in [4.78, 5) is 7.05. The summed E-state index contributed by atoms with van der Waals surface area (Å²) < 4.78 is 0. The summed E-state index contributed by atoms with van der Waals surface area (Å²) in [5.41, 5.74) is 2.44. The molecule has 0 aliphatic carbocycles. The molecule has 0 radical (unpaired) electrons. The lowest BCUT2D eigenvalue weighted by atomic mass is 10.0. The summed E-state index contributed by atoms with van der Waals surface area (Å²) in [6, 6.07) is 11.2. The van der Waals surface area contributed by atoms with E-state index in [1.165, 1.54) is 43.4 Å². The smallest absolute Gasteiger partial charge is 0.0746 e. The average Bonchev–Trinajstić information content (AvgIpc) is 2.53. The van der Waals surface area contributed by atoms with Crippen LogP contribution in [0.2, 0.25) is 0 Å². The van der Waals surface area contributed by atoms with Gasteiger partial charge in [-0.25, -0.2) is 0 Å². The molecule has 1 fully saturated rings. The predicted molar refractivity (Wildman–Crippen MR) is 83.7 cm³/mol. The zero-order valence-corrected chi connectivity index (χ0v) is 12.2. The minimum atomic E-state index is 0.650. The van der Waals surface area contributed by atoms with Gasteiger partial charge in [-0.15, -0.1) is 0 Å². The lowest BCUT2D eigenvalue weighted by Crippen LogP contribution is -2.42. The SMILES string of the molecule is CCN1CCC(NCc2cccc3cccnc23)CC1. The molecule has 0 unspecified atom stereocenters. The molecule has 0 spiro atoms. The second-order valence-corrected chi connectivity index (χ2v) is 5.58. The van der Waals surface area contributed by atoms with Crippen LogP contribution in [0.15, 0.2) is 36.5 Å². The maximum Gasteiger partial charge on any atom is 0.0746 e. The molecule has 3 nitrogen and oxygen atoms in total. The van der Waals surface area contributed by atoms with Crippen molar-refractivity contribution in [3.8, 4) is 0 Å². The summed E-state index contributed by atoms with van der Waals surface area (Å²) in [5, 5.41) is 4.94. The van der Waals surface area contributed by atoms with E-state index in [0.29, 0.717) is 6.04 Å². The van der Waals surface area contributed by atoms with E-state index < -0.39 is 0 Å². The first-order chi connectivity index (χ1) is 9.86. The van der Waals surface area contributed by atoms with Crippen molar-refractivity contribution in [1.82, 2.24) is 15.2 Å². The topological polar surface area (TPSA) is 28.2 Å². The summed E-state index contributed by atoms with van der Waals surface area (Å²) in [7, 11) is 0. The molecule has 20 heavy (non-hydrogen) atoms. The van der Waals surface area contributed by atoms with Gasteiger partial charge >= 0.3 is 0 Å². The predicted octanol–water partition coefficient (Wildman–Crippen LogP) is 2.81. The fourth-order valence-corrected chi connectivity index (χ4v) is 3.02. The highest BCUT2D eigenvalue weighted by molar-refractivity contribution is 5.81. The van der Waals surface area contributed by atoms with Gasteiger partial charge in [0.2, 0.25) is 0 Å². The van der Waals surface area contributed by atoms with Crippen LogP contribution in [0.5, 0.6) is 0 Å². The Labute approximate surface area is 121 Å². The van der Waals surface area contributed by atoms with Crippen molar-refractivity contribution >= 4 is 10.9 Å². The average molecular weight is 269 g/mol. The van der Waals surface area contributed by atoms with Crippen LogP contribution < -0.4 is 5.32 Å². The molecule has 2 heterocycles. The second kappa shape index (κ2) is 6.33. The number of fused-ring (bicyclic) bond motifs is 1. The van der Waals surface area contributed by atoms with E-state index in [0.717, 1.165) is 12.1 Å². The summed E-state index contributed by atoms with van der Waals surface area (Å²) in [6.45, 7) is 6.80. The van der Waals surface area contributed by atoms with E-state index in [9.17, 15) is 0 Å². The van der Waals surface area contributed by atoms with Crippen LogP contribution in [0.25, 0.3) is 10.9 Å². The third-order valence-corrected chi connectivity index (χ3v) is 4.33. The molecule has 3 rings (SSSR count). The normalized spacial score (nSPS) is 17.6. The summed E-state index contributed by atoms with van der Waals surface area (Å²) in [6.07, 6.45) is 4.39. The van der Waals surface area contributed by atoms with Crippen molar-refractivity contribution in [2.75, 3.05) is 19.6 Å². The highest BCUT2D eigenvalue weighted by Gasteiger charge is 2.17. The Morgan fingerprint density at radius 3 is 2.80 bits per heavy atom. The van der Waals surface area contributed by atoms with Gasteiger partial charge in [0.25, 0.3) is 0 Å². The number of likely N-dealkylation sites (tertiary alicyclic amines) is 1. The zero-order chi connectivity index (χ0) is 13.8. The van der Waals surface area contributed by atoms with Crippen molar-refractivity contribution in [3.05, 3.63) is 42.1 Å². The van der Waals surface area contributed by atoms with Crippen LogP contribution in [0.4, 0.5) is 0 Å². The highest BCUT2D eigenvalue weighted by Crippen LogP contribution is 2.17. The van der Waals surface area contributed by atoms with E-state index in [2.05, 4.69) is 46.4 Å². The van der Waals surface area contributed by atoms with E-state index in [1.807, 2.05) is 12.3 Å². The largest absolute Gasteiger partial charge is 0.310 e. The number of nitrogens with one attached hydrogen (secondary N) is 1. The van der Waals surface area contributed by atoms with Crippen LogP contribution in [0.3, 0.4) is 0 Å². The second-order valence-electron chi connectivity index (χ2n) is 5.58. The standard InChI is InChI=1S/C17H23N3/c1-2-20-11-8-16(9-12-20)19-13-15-6-3-5-14-7-4-10-18-17(14)15/h3-7,10,16,19H,2,8-9,11-13H2,1H3. The monoisotopic (exact) mass is 269 g/mol. The lowest BCUT2D eigenvalue weighted by molar-refractivity contribution is 0.206. The Kier molecular flexibility index (Phi) is 4.28. The molecule has 0 amide bonds. The van der Waals surface area contributed by atoms with Crippen molar-refractivity contribution < 1.29 is 0 Å².